The summed E-state index contributed by atoms with van der Waals surface area (Å²) in [6.07, 6.45) is 1.33. The quantitative estimate of drug-likeness (QED) is 0.852. The first kappa shape index (κ1) is 14.2. The number of carbonyl (C=O) groups excluding carboxylic acids is 1. The van der Waals surface area contributed by atoms with Gasteiger partial charge in [-0.15, -0.1) is 0 Å². The summed E-state index contributed by atoms with van der Waals surface area (Å²) in [5.74, 6) is 1.99. The summed E-state index contributed by atoms with van der Waals surface area (Å²) >= 11 is 0. The van der Waals surface area contributed by atoms with Gasteiger partial charge in [-0.2, -0.15) is 4.98 Å². The predicted molar refractivity (Wildman–Crippen MR) is 82.0 cm³/mol. The van der Waals surface area contributed by atoms with Crippen molar-refractivity contribution in [2.24, 2.45) is 0 Å². The van der Waals surface area contributed by atoms with Crippen LogP contribution in [-0.4, -0.2) is 33.6 Å². The fraction of sp³-hybridized carbons (Fsp3) is 0.471. The van der Waals surface area contributed by atoms with Gasteiger partial charge in [0.25, 0.3) is 5.91 Å². The number of rotatable bonds is 2. The van der Waals surface area contributed by atoms with E-state index < -0.39 is 6.10 Å². The molecule has 6 nitrogen and oxygen atoms in total. The van der Waals surface area contributed by atoms with Gasteiger partial charge in [0.05, 0.1) is 6.04 Å². The average Bonchev–Trinajstić information content (AvgIpc) is 3.26. The normalized spacial score (nSPS) is 26.2. The Balaban J connectivity index is 1.57. The summed E-state index contributed by atoms with van der Waals surface area (Å²) in [7, 11) is 0. The smallest absolute Gasteiger partial charge is 0.264 e. The third-order valence-corrected chi connectivity index (χ3v) is 4.74. The molecule has 2 aliphatic rings. The highest BCUT2D eigenvalue weighted by atomic mass is 16.5. The lowest BCUT2D eigenvalue weighted by Gasteiger charge is -2.26. The molecule has 120 valence electrons. The van der Waals surface area contributed by atoms with Crippen LogP contribution in [0, 0.1) is 6.92 Å². The largest absolute Gasteiger partial charge is 0.480 e. The predicted octanol–water partition coefficient (Wildman–Crippen LogP) is 2.61. The molecule has 23 heavy (non-hydrogen) atoms. The van der Waals surface area contributed by atoms with Crippen LogP contribution >= 0.6 is 0 Å². The van der Waals surface area contributed by atoms with Crippen molar-refractivity contribution in [3.05, 3.63) is 41.5 Å². The van der Waals surface area contributed by atoms with Crippen LogP contribution in [-0.2, 0) is 4.79 Å². The van der Waals surface area contributed by atoms with Gasteiger partial charge in [0, 0.05) is 24.9 Å². The number of likely N-dealkylation sites (tertiary alicyclic amines) is 1. The van der Waals surface area contributed by atoms with E-state index in [0.717, 1.165) is 24.2 Å². The van der Waals surface area contributed by atoms with Crippen LogP contribution in [0.4, 0.5) is 0 Å². The van der Waals surface area contributed by atoms with Crippen LogP contribution in [0.1, 0.15) is 49.0 Å². The Bertz CT molecular complexity index is 742. The molecule has 1 aromatic carbocycles. The zero-order valence-corrected chi connectivity index (χ0v) is 13.2. The standard InChI is InChI=1S/C17H19N3O3/c1-10-12-6-3-4-8-14(12)22-15(10)17(21)20-9-5-7-13(20)16-18-11(2)23-19-16/h3-4,6,8,10,13,15H,5,7,9H2,1-2H3/t10-,13+,15+/m1/s1. The molecule has 0 unspecified atom stereocenters. The SMILES string of the molecule is Cc1nc([C@@H]2CCCN2C(=O)[C@H]2Oc3ccccc3[C@H]2C)no1. The van der Waals surface area contributed by atoms with Gasteiger partial charge in [-0.25, -0.2) is 0 Å². The number of hydrogen-bond acceptors (Lipinski definition) is 5. The minimum Gasteiger partial charge on any atom is -0.480 e. The van der Waals surface area contributed by atoms with Crippen LogP contribution in [0.5, 0.6) is 5.75 Å². The van der Waals surface area contributed by atoms with Crippen molar-refractivity contribution >= 4 is 5.91 Å². The van der Waals surface area contributed by atoms with Crippen LogP contribution in [0.3, 0.4) is 0 Å². The molecule has 3 heterocycles. The zero-order chi connectivity index (χ0) is 16.0. The topological polar surface area (TPSA) is 68.5 Å². The molecule has 1 amide bonds. The molecule has 0 bridgehead atoms. The lowest BCUT2D eigenvalue weighted by molar-refractivity contribution is -0.139. The number of hydrogen-bond donors (Lipinski definition) is 0. The average molecular weight is 313 g/mol. The van der Waals surface area contributed by atoms with Crippen LogP contribution in [0.15, 0.2) is 28.8 Å². The number of fused-ring (bicyclic) bond motifs is 1. The summed E-state index contributed by atoms with van der Waals surface area (Å²) in [6, 6.07) is 7.74. The van der Waals surface area contributed by atoms with Crippen molar-refractivity contribution in [2.75, 3.05) is 6.54 Å². The van der Waals surface area contributed by atoms with Gasteiger partial charge < -0.3 is 14.2 Å². The van der Waals surface area contributed by atoms with E-state index in [1.165, 1.54) is 0 Å². The van der Waals surface area contributed by atoms with Crippen molar-refractivity contribution < 1.29 is 14.1 Å². The molecule has 0 saturated carbocycles. The fourth-order valence-electron chi connectivity index (χ4n) is 3.54. The second-order valence-corrected chi connectivity index (χ2v) is 6.23. The molecule has 3 atom stereocenters. The first-order valence-electron chi connectivity index (χ1n) is 8.01. The van der Waals surface area contributed by atoms with Crippen LogP contribution in [0.25, 0.3) is 0 Å². The van der Waals surface area contributed by atoms with Crippen molar-refractivity contribution in [3.63, 3.8) is 0 Å². The maximum absolute atomic E-state index is 13.0. The molecule has 0 radical (unpaired) electrons. The number of amides is 1. The maximum atomic E-state index is 13.0. The maximum Gasteiger partial charge on any atom is 0.264 e. The summed E-state index contributed by atoms with van der Waals surface area (Å²) in [5, 5.41) is 3.99. The van der Waals surface area contributed by atoms with Gasteiger partial charge in [-0.1, -0.05) is 30.3 Å². The molecule has 1 fully saturated rings. The molecule has 4 rings (SSSR count). The number of nitrogens with zero attached hydrogens (tertiary/aromatic N) is 3. The van der Waals surface area contributed by atoms with Crippen molar-refractivity contribution in [1.29, 1.82) is 0 Å². The minimum absolute atomic E-state index is 0.0126. The Morgan fingerprint density at radius 2 is 2.17 bits per heavy atom. The number of aryl methyl sites for hydroxylation is 1. The van der Waals surface area contributed by atoms with Gasteiger partial charge in [-0.05, 0) is 18.9 Å². The van der Waals surface area contributed by atoms with E-state index in [4.69, 9.17) is 9.26 Å². The summed E-state index contributed by atoms with van der Waals surface area (Å²) in [5.41, 5.74) is 1.09. The Morgan fingerprint density at radius 3 is 2.91 bits per heavy atom. The second kappa shape index (κ2) is 5.37. The molecular formula is C17H19N3O3. The Kier molecular flexibility index (Phi) is 3.32. The highest BCUT2D eigenvalue weighted by molar-refractivity contribution is 5.84. The lowest BCUT2D eigenvalue weighted by Crippen LogP contribution is -2.42. The zero-order valence-electron chi connectivity index (χ0n) is 13.2. The van der Waals surface area contributed by atoms with Crippen LogP contribution in [0.2, 0.25) is 0 Å². The summed E-state index contributed by atoms with van der Waals surface area (Å²) in [4.78, 5) is 19.2. The van der Waals surface area contributed by atoms with Gasteiger partial charge in [-0.3, -0.25) is 4.79 Å². The summed E-state index contributed by atoms with van der Waals surface area (Å²) < 4.78 is 11.0. The van der Waals surface area contributed by atoms with E-state index in [9.17, 15) is 4.79 Å². The molecule has 2 aliphatic heterocycles. The highest BCUT2D eigenvalue weighted by Gasteiger charge is 2.43. The molecule has 0 N–H and O–H groups in total. The number of carbonyl (C=O) groups is 1. The molecule has 1 saturated heterocycles. The Labute approximate surface area is 134 Å². The van der Waals surface area contributed by atoms with E-state index in [0.29, 0.717) is 18.3 Å². The monoisotopic (exact) mass is 313 g/mol. The molecule has 0 aliphatic carbocycles. The van der Waals surface area contributed by atoms with Gasteiger partial charge in [0.2, 0.25) is 5.89 Å². The number of ether oxygens (including phenoxy) is 1. The molecule has 0 spiro atoms. The Hall–Kier alpha value is -2.37. The van der Waals surface area contributed by atoms with Gasteiger partial charge in [0.15, 0.2) is 11.9 Å². The van der Waals surface area contributed by atoms with E-state index in [-0.39, 0.29) is 17.9 Å². The number of para-hydroxylation sites is 1. The van der Waals surface area contributed by atoms with E-state index in [1.807, 2.05) is 36.1 Å². The highest BCUT2D eigenvalue weighted by Crippen LogP contribution is 2.40. The third kappa shape index (κ3) is 2.29. The second-order valence-electron chi connectivity index (χ2n) is 6.23. The third-order valence-electron chi connectivity index (χ3n) is 4.74. The van der Waals surface area contributed by atoms with Gasteiger partial charge >= 0.3 is 0 Å². The number of aromatic nitrogens is 2. The van der Waals surface area contributed by atoms with Crippen molar-refractivity contribution in [3.8, 4) is 5.75 Å². The Morgan fingerprint density at radius 1 is 1.35 bits per heavy atom. The van der Waals surface area contributed by atoms with Crippen molar-refractivity contribution in [1.82, 2.24) is 15.0 Å². The molecule has 6 heteroatoms. The lowest BCUT2D eigenvalue weighted by atomic mass is 9.96. The van der Waals surface area contributed by atoms with E-state index >= 15 is 0 Å². The number of benzene rings is 1. The van der Waals surface area contributed by atoms with E-state index in [1.54, 1.807) is 6.92 Å². The molecule has 1 aromatic heterocycles. The van der Waals surface area contributed by atoms with Crippen molar-refractivity contribution in [2.45, 2.75) is 44.8 Å². The first-order valence-corrected chi connectivity index (χ1v) is 8.01. The summed E-state index contributed by atoms with van der Waals surface area (Å²) in [6.45, 7) is 4.51. The van der Waals surface area contributed by atoms with Gasteiger partial charge in [0.1, 0.15) is 5.75 Å². The van der Waals surface area contributed by atoms with Crippen LogP contribution < -0.4 is 4.74 Å². The molecular weight excluding hydrogens is 294 g/mol. The van der Waals surface area contributed by atoms with E-state index in [2.05, 4.69) is 10.1 Å². The fourth-order valence-corrected chi connectivity index (χ4v) is 3.54. The first-order chi connectivity index (χ1) is 11.1. The molecule has 2 aromatic rings. The minimum atomic E-state index is -0.471.